The Morgan fingerprint density at radius 3 is 2.63 bits per heavy atom. The van der Waals surface area contributed by atoms with Gasteiger partial charge in [-0.3, -0.25) is 4.79 Å². The molecular weight excluding hydrogens is 238 g/mol. The molecule has 0 aromatic heterocycles. The Balaban J connectivity index is 1.98. The SMILES string of the molecule is CN(C)C1CCN(C(=O)Cc2ccccc2CN)C1. The number of rotatable bonds is 4. The van der Waals surface area contributed by atoms with Crippen molar-refractivity contribution >= 4 is 5.91 Å². The molecule has 4 heteroatoms. The molecule has 1 atom stereocenters. The highest BCUT2D eigenvalue weighted by atomic mass is 16.2. The largest absolute Gasteiger partial charge is 0.341 e. The zero-order valence-corrected chi connectivity index (χ0v) is 11.8. The van der Waals surface area contributed by atoms with Gasteiger partial charge in [-0.05, 0) is 31.6 Å². The predicted octanol–water partition coefficient (Wildman–Crippen LogP) is 0.850. The summed E-state index contributed by atoms with van der Waals surface area (Å²) in [6.07, 6.45) is 1.53. The Labute approximate surface area is 115 Å². The second-order valence-corrected chi connectivity index (χ2v) is 5.40. The van der Waals surface area contributed by atoms with Crippen molar-refractivity contribution in [1.82, 2.24) is 9.80 Å². The van der Waals surface area contributed by atoms with E-state index in [0.29, 0.717) is 19.0 Å². The van der Waals surface area contributed by atoms with Gasteiger partial charge in [-0.1, -0.05) is 24.3 Å². The van der Waals surface area contributed by atoms with E-state index in [1.165, 1.54) is 0 Å². The monoisotopic (exact) mass is 261 g/mol. The number of amides is 1. The van der Waals surface area contributed by atoms with Crippen molar-refractivity contribution in [1.29, 1.82) is 0 Å². The van der Waals surface area contributed by atoms with E-state index >= 15 is 0 Å². The van der Waals surface area contributed by atoms with E-state index in [1.54, 1.807) is 0 Å². The van der Waals surface area contributed by atoms with Crippen LogP contribution in [0.4, 0.5) is 0 Å². The van der Waals surface area contributed by atoms with E-state index in [4.69, 9.17) is 5.73 Å². The minimum absolute atomic E-state index is 0.213. The van der Waals surface area contributed by atoms with Crippen LogP contribution in [0.15, 0.2) is 24.3 Å². The van der Waals surface area contributed by atoms with Crippen LogP contribution in [-0.2, 0) is 17.8 Å². The number of likely N-dealkylation sites (tertiary alicyclic amines) is 1. The lowest BCUT2D eigenvalue weighted by Gasteiger charge is -2.20. The van der Waals surface area contributed by atoms with Crippen molar-refractivity contribution in [2.45, 2.75) is 25.4 Å². The number of hydrogen-bond donors (Lipinski definition) is 1. The van der Waals surface area contributed by atoms with Crippen molar-refractivity contribution in [3.63, 3.8) is 0 Å². The summed E-state index contributed by atoms with van der Waals surface area (Å²) < 4.78 is 0. The second kappa shape index (κ2) is 6.17. The average molecular weight is 261 g/mol. The Kier molecular flexibility index (Phi) is 4.56. The molecule has 0 aliphatic carbocycles. The quantitative estimate of drug-likeness (QED) is 0.874. The van der Waals surface area contributed by atoms with Gasteiger partial charge in [0.2, 0.25) is 5.91 Å². The maximum absolute atomic E-state index is 12.3. The summed E-state index contributed by atoms with van der Waals surface area (Å²) in [6.45, 7) is 2.20. The van der Waals surface area contributed by atoms with E-state index in [2.05, 4.69) is 19.0 Å². The number of benzene rings is 1. The van der Waals surface area contributed by atoms with E-state index in [-0.39, 0.29) is 5.91 Å². The standard InChI is InChI=1S/C15H23N3O/c1-17(2)14-7-8-18(11-14)15(19)9-12-5-3-4-6-13(12)10-16/h3-6,14H,7-11,16H2,1-2H3. The zero-order valence-electron chi connectivity index (χ0n) is 11.8. The van der Waals surface area contributed by atoms with Crippen LogP contribution in [-0.4, -0.2) is 48.9 Å². The van der Waals surface area contributed by atoms with E-state index in [9.17, 15) is 4.79 Å². The van der Waals surface area contributed by atoms with Crippen LogP contribution in [0.3, 0.4) is 0 Å². The molecule has 2 N–H and O–H groups in total. The summed E-state index contributed by atoms with van der Waals surface area (Å²) in [7, 11) is 4.14. The smallest absolute Gasteiger partial charge is 0.227 e. The van der Waals surface area contributed by atoms with Crippen molar-refractivity contribution in [2.24, 2.45) is 5.73 Å². The van der Waals surface area contributed by atoms with Gasteiger partial charge in [0.05, 0.1) is 6.42 Å². The normalized spacial score (nSPS) is 19.2. The topological polar surface area (TPSA) is 49.6 Å². The Hall–Kier alpha value is -1.39. The highest BCUT2D eigenvalue weighted by Gasteiger charge is 2.27. The third-order valence-corrected chi connectivity index (χ3v) is 3.93. The molecule has 1 aromatic carbocycles. The van der Waals surface area contributed by atoms with Crippen LogP contribution in [0.25, 0.3) is 0 Å². The lowest BCUT2D eigenvalue weighted by molar-refractivity contribution is -0.129. The maximum atomic E-state index is 12.3. The van der Waals surface area contributed by atoms with Crippen molar-refractivity contribution < 1.29 is 4.79 Å². The van der Waals surface area contributed by atoms with Gasteiger partial charge in [0, 0.05) is 25.7 Å². The summed E-state index contributed by atoms with van der Waals surface area (Å²) in [6, 6.07) is 8.42. The molecule has 2 rings (SSSR count). The molecule has 19 heavy (non-hydrogen) atoms. The van der Waals surface area contributed by atoms with Crippen LogP contribution in [0.1, 0.15) is 17.5 Å². The van der Waals surface area contributed by atoms with E-state index in [0.717, 1.165) is 30.6 Å². The van der Waals surface area contributed by atoms with Crippen LogP contribution < -0.4 is 5.73 Å². The van der Waals surface area contributed by atoms with Gasteiger partial charge < -0.3 is 15.5 Å². The van der Waals surface area contributed by atoms with Crippen LogP contribution in [0.2, 0.25) is 0 Å². The molecule has 1 fully saturated rings. The minimum Gasteiger partial charge on any atom is -0.341 e. The summed E-state index contributed by atoms with van der Waals surface area (Å²) in [5.41, 5.74) is 7.84. The lowest BCUT2D eigenvalue weighted by Crippen LogP contribution is -2.35. The zero-order chi connectivity index (χ0) is 13.8. The Morgan fingerprint density at radius 1 is 1.37 bits per heavy atom. The summed E-state index contributed by atoms with van der Waals surface area (Å²) in [4.78, 5) is 16.5. The van der Waals surface area contributed by atoms with Crippen molar-refractivity contribution in [2.75, 3.05) is 27.2 Å². The number of nitrogens with two attached hydrogens (primary N) is 1. The predicted molar refractivity (Wildman–Crippen MR) is 76.7 cm³/mol. The first-order valence-electron chi connectivity index (χ1n) is 6.83. The molecule has 1 aliphatic heterocycles. The van der Waals surface area contributed by atoms with Gasteiger partial charge >= 0.3 is 0 Å². The first-order valence-corrected chi connectivity index (χ1v) is 6.83. The van der Waals surface area contributed by atoms with Gasteiger partial charge in [-0.2, -0.15) is 0 Å². The molecule has 0 saturated carbocycles. The van der Waals surface area contributed by atoms with Crippen molar-refractivity contribution in [3.05, 3.63) is 35.4 Å². The van der Waals surface area contributed by atoms with Crippen LogP contribution in [0, 0.1) is 0 Å². The minimum atomic E-state index is 0.213. The van der Waals surface area contributed by atoms with Gasteiger partial charge in [-0.15, -0.1) is 0 Å². The molecule has 4 nitrogen and oxygen atoms in total. The molecule has 1 heterocycles. The second-order valence-electron chi connectivity index (χ2n) is 5.40. The molecule has 0 bridgehead atoms. The molecule has 104 valence electrons. The van der Waals surface area contributed by atoms with Gasteiger partial charge in [0.15, 0.2) is 0 Å². The number of carbonyl (C=O) groups is 1. The van der Waals surface area contributed by atoms with Crippen molar-refractivity contribution in [3.8, 4) is 0 Å². The third-order valence-electron chi connectivity index (χ3n) is 3.93. The molecule has 1 aliphatic rings. The third kappa shape index (κ3) is 3.33. The molecule has 1 amide bonds. The first-order chi connectivity index (χ1) is 9.11. The van der Waals surface area contributed by atoms with Gasteiger partial charge in [0.25, 0.3) is 0 Å². The fourth-order valence-corrected chi connectivity index (χ4v) is 2.59. The molecule has 1 aromatic rings. The number of hydrogen-bond acceptors (Lipinski definition) is 3. The number of carbonyl (C=O) groups excluding carboxylic acids is 1. The Bertz CT molecular complexity index is 445. The number of likely N-dealkylation sites (N-methyl/N-ethyl adjacent to an activating group) is 1. The van der Waals surface area contributed by atoms with Gasteiger partial charge in [0.1, 0.15) is 0 Å². The van der Waals surface area contributed by atoms with Crippen LogP contribution >= 0.6 is 0 Å². The van der Waals surface area contributed by atoms with E-state index in [1.807, 2.05) is 29.2 Å². The maximum Gasteiger partial charge on any atom is 0.227 e. The summed E-state index contributed by atoms with van der Waals surface area (Å²) >= 11 is 0. The summed E-state index contributed by atoms with van der Waals surface area (Å²) in [5.74, 6) is 0.213. The molecule has 0 spiro atoms. The van der Waals surface area contributed by atoms with Gasteiger partial charge in [-0.25, -0.2) is 0 Å². The Morgan fingerprint density at radius 2 is 2.05 bits per heavy atom. The molecule has 1 unspecified atom stereocenters. The molecule has 1 saturated heterocycles. The fourth-order valence-electron chi connectivity index (χ4n) is 2.59. The fraction of sp³-hybridized carbons (Fsp3) is 0.533. The van der Waals surface area contributed by atoms with E-state index < -0.39 is 0 Å². The molecular formula is C15H23N3O. The van der Waals surface area contributed by atoms with Crippen LogP contribution in [0.5, 0.6) is 0 Å². The highest BCUT2D eigenvalue weighted by molar-refractivity contribution is 5.79. The average Bonchev–Trinajstić information content (AvgIpc) is 2.89. The lowest BCUT2D eigenvalue weighted by atomic mass is 10.0. The number of nitrogens with zero attached hydrogens (tertiary/aromatic N) is 2. The molecule has 0 radical (unpaired) electrons. The summed E-state index contributed by atoms with van der Waals surface area (Å²) in [5, 5.41) is 0. The highest BCUT2D eigenvalue weighted by Crippen LogP contribution is 2.16. The first kappa shape index (κ1) is 14.0.